The number of anilines is 1. The molecule has 6 nitrogen and oxygen atoms in total. The Bertz CT molecular complexity index is 1100. The van der Waals surface area contributed by atoms with Gasteiger partial charge in [-0.3, -0.25) is 4.57 Å². The van der Waals surface area contributed by atoms with Crippen molar-refractivity contribution in [3.05, 3.63) is 65.6 Å². The fourth-order valence-corrected chi connectivity index (χ4v) is 3.10. The summed E-state index contributed by atoms with van der Waals surface area (Å²) in [5.41, 5.74) is 3.08. The molecule has 3 rings (SSSR count). The van der Waals surface area contributed by atoms with Crippen LogP contribution in [0.3, 0.4) is 0 Å². The van der Waals surface area contributed by atoms with Crippen LogP contribution in [0.25, 0.3) is 29.2 Å². The summed E-state index contributed by atoms with van der Waals surface area (Å²) in [6.45, 7) is 13.2. The van der Waals surface area contributed by atoms with Gasteiger partial charge in [0.2, 0.25) is 5.95 Å². The lowest BCUT2D eigenvalue weighted by Crippen LogP contribution is -2.28. The Hall–Kier alpha value is -3.25. The van der Waals surface area contributed by atoms with Crippen molar-refractivity contribution in [2.24, 2.45) is 0 Å². The molecule has 0 aliphatic rings. The zero-order valence-corrected chi connectivity index (χ0v) is 18.1. The first-order valence-electron chi connectivity index (χ1n) is 10.2. The van der Waals surface area contributed by atoms with Crippen molar-refractivity contribution >= 4 is 18.1 Å². The zero-order chi connectivity index (χ0) is 21.5. The molecule has 0 bridgehead atoms. The number of rotatable bonds is 8. The zero-order valence-electron chi connectivity index (χ0n) is 18.1. The van der Waals surface area contributed by atoms with Gasteiger partial charge >= 0.3 is 0 Å². The minimum Gasteiger partial charge on any atom is -0.377 e. The van der Waals surface area contributed by atoms with Crippen LogP contribution in [-0.4, -0.2) is 38.8 Å². The lowest BCUT2D eigenvalue weighted by molar-refractivity contribution is 0.0870. The Morgan fingerprint density at radius 2 is 1.87 bits per heavy atom. The maximum Gasteiger partial charge on any atom is 0.222 e. The van der Waals surface area contributed by atoms with Gasteiger partial charge < -0.3 is 10.1 Å². The van der Waals surface area contributed by atoms with Gasteiger partial charge in [-0.1, -0.05) is 36.4 Å². The van der Waals surface area contributed by atoms with Crippen molar-refractivity contribution in [3.8, 4) is 17.1 Å². The van der Waals surface area contributed by atoms with Gasteiger partial charge in [-0.05, 0) is 45.9 Å². The van der Waals surface area contributed by atoms with E-state index >= 15 is 0 Å². The fraction of sp³-hybridized carbons (Fsp3) is 0.292. The van der Waals surface area contributed by atoms with E-state index in [-0.39, 0.29) is 6.10 Å². The second-order valence-corrected chi connectivity index (χ2v) is 7.21. The summed E-state index contributed by atoms with van der Waals surface area (Å²) in [5.74, 6) is 1.36. The van der Waals surface area contributed by atoms with E-state index in [0.29, 0.717) is 19.1 Å². The first kappa shape index (κ1) is 21.5. The monoisotopic (exact) mass is 403 g/mol. The molecule has 2 heterocycles. The number of benzene rings is 1. The van der Waals surface area contributed by atoms with E-state index < -0.39 is 0 Å². The minimum atomic E-state index is 0.210. The smallest absolute Gasteiger partial charge is 0.222 e. The van der Waals surface area contributed by atoms with Gasteiger partial charge in [0.15, 0.2) is 0 Å². The van der Waals surface area contributed by atoms with Gasteiger partial charge in [0.05, 0.1) is 29.0 Å². The van der Waals surface area contributed by atoms with Crippen LogP contribution >= 0.6 is 0 Å². The molecule has 3 aromatic rings. The second kappa shape index (κ2) is 9.98. The van der Waals surface area contributed by atoms with Crippen LogP contribution in [0.15, 0.2) is 49.3 Å². The van der Waals surface area contributed by atoms with Crippen molar-refractivity contribution in [2.45, 2.75) is 33.8 Å². The Morgan fingerprint density at radius 1 is 1.17 bits per heavy atom. The highest BCUT2D eigenvalue weighted by atomic mass is 16.5. The molecule has 0 unspecified atom stereocenters. The first-order valence-corrected chi connectivity index (χ1v) is 10.2. The van der Waals surface area contributed by atoms with Crippen LogP contribution in [0.4, 0.5) is 5.95 Å². The number of nitrogens with zero attached hydrogens (tertiary/aromatic N) is 4. The lowest BCUT2D eigenvalue weighted by atomic mass is 10.2. The number of hydrogen-bond donors (Lipinski definition) is 1. The quantitative estimate of drug-likeness (QED) is 0.585. The van der Waals surface area contributed by atoms with Crippen molar-refractivity contribution in [2.75, 3.05) is 18.5 Å². The van der Waals surface area contributed by atoms with Gasteiger partial charge in [-0.2, -0.15) is 0 Å². The van der Waals surface area contributed by atoms with Gasteiger partial charge in [-0.15, -0.1) is 0 Å². The molecule has 0 aliphatic heterocycles. The fourth-order valence-electron chi connectivity index (χ4n) is 3.10. The Morgan fingerprint density at radius 3 is 2.47 bits per heavy atom. The highest BCUT2D eigenvalue weighted by Gasteiger charge is 2.13. The van der Waals surface area contributed by atoms with Crippen molar-refractivity contribution in [1.82, 2.24) is 19.5 Å². The number of allylic oxidation sites excluding steroid dienone is 1. The summed E-state index contributed by atoms with van der Waals surface area (Å²) >= 11 is 0. The van der Waals surface area contributed by atoms with E-state index in [9.17, 15) is 0 Å². The molecule has 1 N–H and O–H groups in total. The average Bonchev–Trinajstić information content (AvgIpc) is 3.10. The number of hydrogen-bond acceptors (Lipinski definition) is 5. The molecular formula is C24H29N5O. The standard InChI is InChI=1S/C24H29N5O/c1-6-8-21-22(7-2)29(20-11-9-18(5)10-12-20)23(28-21)19-15-26-24(27-16-19)25-13-14-30-17(3)4/h6-12,15-17H,1,13-14H2,2-5H3,(H,25,26,27)/b21-8+,22-7+. The Kier molecular flexibility index (Phi) is 7.14. The van der Waals surface area contributed by atoms with E-state index in [1.807, 2.05) is 26.8 Å². The lowest BCUT2D eigenvalue weighted by Gasteiger charge is -2.10. The normalized spacial score (nSPS) is 12.6. The molecule has 156 valence electrons. The van der Waals surface area contributed by atoms with Gasteiger partial charge in [0.25, 0.3) is 0 Å². The number of nitrogens with one attached hydrogen (secondary N) is 1. The van der Waals surface area contributed by atoms with Crippen LogP contribution in [0, 0.1) is 6.92 Å². The van der Waals surface area contributed by atoms with Crippen molar-refractivity contribution in [1.29, 1.82) is 0 Å². The maximum atomic E-state index is 5.53. The number of ether oxygens (including phenoxy) is 1. The van der Waals surface area contributed by atoms with Gasteiger partial charge in [0.1, 0.15) is 5.82 Å². The molecule has 1 aromatic carbocycles. The predicted octanol–water partition coefficient (Wildman–Crippen LogP) is 3.24. The summed E-state index contributed by atoms with van der Waals surface area (Å²) < 4.78 is 7.66. The predicted molar refractivity (Wildman–Crippen MR) is 123 cm³/mol. The second-order valence-electron chi connectivity index (χ2n) is 7.21. The van der Waals surface area contributed by atoms with Gasteiger partial charge in [0, 0.05) is 24.6 Å². The third-order valence-corrected chi connectivity index (χ3v) is 4.53. The molecule has 30 heavy (non-hydrogen) atoms. The summed E-state index contributed by atoms with van der Waals surface area (Å²) in [6.07, 6.45) is 9.51. The minimum absolute atomic E-state index is 0.210. The molecule has 2 aromatic heterocycles. The average molecular weight is 404 g/mol. The Labute approximate surface area is 177 Å². The molecule has 0 saturated carbocycles. The van der Waals surface area contributed by atoms with E-state index in [1.54, 1.807) is 18.5 Å². The molecular weight excluding hydrogens is 374 g/mol. The van der Waals surface area contributed by atoms with E-state index in [2.05, 4.69) is 63.7 Å². The molecule has 0 amide bonds. The van der Waals surface area contributed by atoms with Crippen molar-refractivity contribution < 1.29 is 4.74 Å². The summed E-state index contributed by atoms with van der Waals surface area (Å²) in [4.78, 5) is 13.8. The molecule has 0 radical (unpaired) electrons. The number of imidazole rings is 1. The SMILES string of the molecule is C=C/C=c1/nc(-c2cnc(NCCOC(C)C)nc2)n(-c2ccc(C)cc2)/c1=C/C. The van der Waals surface area contributed by atoms with E-state index in [4.69, 9.17) is 9.72 Å². The third-order valence-electron chi connectivity index (χ3n) is 4.53. The highest BCUT2D eigenvalue weighted by molar-refractivity contribution is 5.59. The molecule has 6 heteroatoms. The summed E-state index contributed by atoms with van der Waals surface area (Å²) in [7, 11) is 0. The van der Waals surface area contributed by atoms with Gasteiger partial charge in [-0.25, -0.2) is 15.0 Å². The van der Waals surface area contributed by atoms with Crippen LogP contribution in [0.5, 0.6) is 0 Å². The molecule has 0 spiro atoms. The highest BCUT2D eigenvalue weighted by Crippen LogP contribution is 2.18. The van der Waals surface area contributed by atoms with E-state index in [1.165, 1.54) is 5.56 Å². The molecule has 0 fully saturated rings. The largest absolute Gasteiger partial charge is 0.377 e. The maximum absolute atomic E-state index is 5.53. The van der Waals surface area contributed by atoms with Crippen molar-refractivity contribution in [3.63, 3.8) is 0 Å². The molecule has 0 saturated heterocycles. The Balaban J connectivity index is 1.98. The number of aromatic nitrogens is 4. The molecule has 0 atom stereocenters. The summed E-state index contributed by atoms with van der Waals surface area (Å²) in [5, 5.41) is 5.04. The third kappa shape index (κ3) is 5.02. The van der Waals surface area contributed by atoms with Crippen LogP contribution < -0.4 is 16.0 Å². The summed E-state index contributed by atoms with van der Waals surface area (Å²) in [6, 6.07) is 8.38. The van der Waals surface area contributed by atoms with Crippen LogP contribution in [0.1, 0.15) is 26.3 Å². The topological polar surface area (TPSA) is 64.9 Å². The number of aryl methyl sites for hydroxylation is 1. The van der Waals surface area contributed by atoms with E-state index in [0.717, 1.165) is 27.8 Å². The first-order chi connectivity index (χ1) is 14.5. The van der Waals surface area contributed by atoms with Crippen LogP contribution in [0.2, 0.25) is 0 Å². The molecule has 0 aliphatic carbocycles. The van der Waals surface area contributed by atoms with Crippen LogP contribution in [-0.2, 0) is 4.74 Å².